The Balaban J connectivity index is 1.25. The van der Waals surface area contributed by atoms with Gasteiger partial charge in [0.05, 0.1) is 23.2 Å². The third kappa shape index (κ3) is 6.93. The highest BCUT2D eigenvalue weighted by Gasteiger charge is 2.31. The van der Waals surface area contributed by atoms with E-state index in [0.717, 1.165) is 54.9 Å². The zero-order valence-electron chi connectivity index (χ0n) is 24.9. The van der Waals surface area contributed by atoms with Gasteiger partial charge < -0.3 is 21.2 Å². The number of nitrogens with zero attached hydrogens (tertiary/aromatic N) is 6. The summed E-state index contributed by atoms with van der Waals surface area (Å²) >= 11 is 0. The lowest BCUT2D eigenvalue weighted by Gasteiger charge is -2.34. The highest BCUT2D eigenvalue weighted by atomic mass is 19.4. The van der Waals surface area contributed by atoms with Crippen LogP contribution in [0.25, 0.3) is 16.9 Å². The predicted molar refractivity (Wildman–Crippen MR) is 169 cm³/mol. The fourth-order valence-corrected chi connectivity index (χ4v) is 5.25. The Hall–Kier alpha value is -5.05. The Bertz CT molecular complexity index is 1850. The summed E-state index contributed by atoms with van der Waals surface area (Å²) in [5.74, 6) is 0.982. The lowest BCUT2D eigenvalue weighted by molar-refractivity contribution is -0.137. The summed E-state index contributed by atoms with van der Waals surface area (Å²) in [6.45, 7) is 5.85. The van der Waals surface area contributed by atoms with Crippen LogP contribution in [0, 0.1) is 6.92 Å². The lowest BCUT2D eigenvalue weighted by atomic mass is 10.1. The average molecular weight is 632 g/mol. The smallest absolute Gasteiger partial charge is 0.395 e. The number of aliphatic hydroxyl groups excluding tert-OH is 1. The molecule has 0 aliphatic carbocycles. The Morgan fingerprint density at radius 2 is 1.76 bits per heavy atom. The molecule has 14 heteroatoms. The van der Waals surface area contributed by atoms with Crippen molar-refractivity contribution in [2.75, 3.05) is 55.4 Å². The van der Waals surface area contributed by atoms with Gasteiger partial charge in [-0.3, -0.25) is 14.3 Å². The van der Waals surface area contributed by atoms with Crippen molar-refractivity contribution in [1.29, 1.82) is 0 Å². The molecule has 6 rings (SSSR count). The van der Waals surface area contributed by atoms with Crippen LogP contribution in [0.5, 0.6) is 0 Å². The van der Waals surface area contributed by atoms with E-state index in [1.165, 1.54) is 18.5 Å². The fourth-order valence-electron chi connectivity index (χ4n) is 5.25. The van der Waals surface area contributed by atoms with Crippen LogP contribution in [-0.2, 0) is 6.18 Å². The van der Waals surface area contributed by atoms with E-state index >= 15 is 0 Å². The number of carbonyl (C=O) groups excluding carboxylic acids is 1. The molecule has 0 spiro atoms. The molecule has 0 radical (unpaired) electrons. The van der Waals surface area contributed by atoms with Gasteiger partial charge in [0.1, 0.15) is 18.0 Å². The number of hydrogen-bond acceptors (Lipinski definition) is 9. The maximum atomic E-state index is 13.2. The first-order valence-corrected chi connectivity index (χ1v) is 14.7. The second kappa shape index (κ2) is 13.1. The van der Waals surface area contributed by atoms with Crippen LogP contribution in [0.4, 0.5) is 36.3 Å². The predicted octanol–water partition coefficient (Wildman–Crippen LogP) is 5.08. The van der Waals surface area contributed by atoms with E-state index < -0.39 is 17.6 Å². The summed E-state index contributed by atoms with van der Waals surface area (Å²) in [6.07, 6.45) is -3.08. The molecule has 238 valence electrons. The Morgan fingerprint density at radius 1 is 0.957 bits per heavy atom. The van der Waals surface area contributed by atoms with Crippen LogP contribution in [0.1, 0.15) is 21.5 Å². The molecule has 0 atom stereocenters. The van der Waals surface area contributed by atoms with Crippen molar-refractivity contribution in [1.82, 2.24) is 29.4 Å². The number of aliphatic hydroxyl groups is 1. The molecule has 0 saturated carbocycles. The molecule has 0 unspecified atom stereocenters. The maximum Gasteiger partial charge on any atom is 0.416 e. The van der Waals surface area contributed by atoms with E-state index in [1.807, 2.05) is 41.8 Å². The van der Waals surface area contributed by atoms with Gasteiger partial charge in [0.15, 0.2) is 0 Å². The first kappa shape index (κ1) is 31.0. The molecule has 1 saturated heterocycles. The first-order valence-electron chi connectivity index (χ1n) is 14.7. The number of aryl methyl sites for hydroxylation is 1. The molecule has 5 aromatic rings. The van der Waals surface area contributed by atoms with Crippen LogP contribution in [0.3, 0.4) is 0 Å². The van der Waals surface area contributed by atoms with Crippen LogP contribution >= 0.6 is 0 Å². The van der Waals surface area contributed by atoms with E-state index in [1.54, 1.807) is 18.2 Å². The molecule has 2 aromatic heterocycles. The number of para-hydroxylation sites is 2. The minimum atomic E-state index is -4.56. The van der Waals surface area contributed by atoms with Crippen LogP contribution < -0.4 is 16.1 Å². The molecule has 1 amide bonds. The zero-order chi connectivity index (χ0) is 32.3. The van der Waals surface area contributed by atoms with Gasteiger partial charge in [-0.2, -0.15) is 13.2 Å². The van der Waals surface area contributed by atoms with Crippen molar-refractivity contribution in [3.8, 4) is 5.82 Å². The first-order chi connectivity index (χ1) is 22.2. The van der Waals surface area contributed by atoms with Gasteiger partial charge in [0, 0.05) is 55.7 Å². The summed E-state index contributed by atoms with van der Waals surface area (Å²) in [5.41, 5.74) is 5.76. The van der Waals surface area contributed by atoms with E-state index in [-0.39, 0.29) is 12.2 Å². The van der Waals surface area contributed by atoms with Gasteiger partial charge in [-0.1, -0.05) is 24.3 Å². The molecule has 4 N–H and O–H groups in total. The molecule has 1 aliphatic heterocycles. The number of hydrazine groups is 1. The Labute approximate surface area is 262 Å². The minimum absolute atomic E-state index is 0.105. The highest BCUT2D eigenvalue weighted by Crippen LogP contribution is 2.31. The van der Waals surface area contributed by atoms with Crippen molar-refractivity contribution in [2.45, 2.75) is 13.1 Å². The van der Waals surface area contributed by atoms with E-state index in [4.69, 9.17) is 4.98 Å². The quantitative estimate of drug-likeness (QED) is 0.177. The number of carbonyl (C=O) groups is 1. The van der Waals surface area contributed by atoms with Crippen LogP contribution in [-0.4, -0.2) is 79.8 Å². The Kier molecular flexibility index (Phi) is 8.83. The molecular weight excluding hydrogens is 599 g/mol. The SMILES string of the molecule is Cc1ccc(NC(=O)c2cccc(C(F)(F)F)c2)cc1Nc1nc2ccccc2n1-c1cc(NN2CCN(CCO)CC2)ncn1. The fraction of sp³-hybridized carbons (Fsp3) is 0.250. The van der Waals surface area contributed by atoms with Gasteiger partial charge in [-0.15, -0.1) is 0 Å². The minimum Gasteiger partial charge on any atom is -0.395 e. The van der Waals surface area contributed by atoms with E-state index in [0.29, 0.717) is 35.5 Å². The number of alkyl halides is 3. The molecule has 3 heterocycles. The molecule has 1 aliphatic rings. The van der Waals surface area contributed by atoms with Crippen molar-refractivity contribution >= 4 is 40.1 Å². The normalized spacial score (nSPS) is 14.4. The molecule has 0 bridgehead atoms. The summed E-state index contributed by atoms with van der Waals surface area (Å²) in [4.78, 5) is 28.8. The van der Waals surface area contributed by atoms with Gasteiger partial charge >= 0.3 is 6.18 Å². The second-order valence-electron chi connectivity index (χ2n) is 10.9. The van der Waals surface area contributed by atoms with Crippen molar-refractivity contribution in [2.24, 2.45) is 0 Å². The Morgan fingerprint density at radius 3 is 2.54 bits per heavy atom. The topological polar surface area (TPSA) is 123 Å². The molecule has 46 heavy (non-hydrogen) atoms. The van der Waals surface area contributed by atoms with Crippen LogP contribution in [0.2, 0.25) is 0 Å². The average Bonchev–Trinajstić information content (AvgIpc) is 3.41. The van der Waals surface area contributed by atoms with Gasteiger partial charge in [-0.25, -0.2) is 20.0 Å². The van der Waals surface area contributed by atoms with Crippen molar-refractivity contribution in [3.63, 3.8) is 0 Å². The third-order valence-corrected chi connectivity index (χ3v) is 7.70. The summed E-state index contributed by atoms with van der Waals surface area (Å²) < 4.78 is 41.4. The molecule has 3 aromatic carbocycles. The number of amides is 1. The van der Waals surface area contributed by atoms with E-state index in [2.05, 4.69) is 35.9 Å². The second-order valence-corrected chi connectivity index (χ2v) is 10.9. The van der Waals surface area contributed by atoms with Gasteiger partial charge in [-0.05, 0) is 55.0 Å². The van der Waals surface area contributed by atoms with E-state index in [9.17, 15) is 23.1 Å². The summed E-state index contributed by atoms with van der Waals surface area (Å²) in [6, 6.07) is 18.9. The number of hydrogen-bond donors (Lipinski definition) is 4. The number of anilines is 4. The van der Waals surface area contributed by atoms with Gasteiger partial charge in [0.25, 0.3) is 5.91 Å². The number of β-amino-alcohol motifs (C(OH)–C–C–N with tert-alkyl or cyclic N) is 1. The van der Waals surface area contributed by atoms with Crippen LogP contribution in [0.15, 0.2) is 79.1 Å². The molecule has 11 nitrogen and oxygen atoms in total. The number of piperazine rings is 1. The number of rotatable bonds is 9. The number of fused-ring (bicyclic) bond motifs is 1. The number of nitrogens with one attached hydrogen (secondary N) is 3. The molecular formula is C32H32F3N9O2. The third-order valence-electron chi connectivity index (χ3n) is 7.70. The van der Waals surface area contributed by atoms with Crippen molar-refractivity contribution in [3.05, 3.63) is 95.8 Å². The summed E-state index contributed by atoms with van der Waals surface area (Å²) in [5, 5.41) is 17.4. The number of benzene rings is 3. The summed E-state index contributed by atoms with van der Waals surface area (Å²) in [7, 11) is 0. The standard InChI is InChI=1S/C32H32F3N9O2/c1-21-9-10-24(38-30(46)22-5-4-6-23(17-22)32(33,34)35)18-26(21)40-31-39-25-7-2-3-8-27(25)44(31)29-19-28(36-20-37-29)41-43-13-11-42(12-14-43)15-16-45/h2-10,17-20,45H,11-16H2,1H3,(H,38,46)(H,39,40)(H,36,37,41). The monoisotopic (exact) mass is 631 g/mol. The maximum absolute atomic E-state index is 13.2. The lowest BCUT2D eigenvalue weighted by Crippen LogP contribution is -2.49. The highest BCUT2D eigenvalue weighted by molar-refractivity contribution is 6.04. The number of imidazole rings is 1. The largest absolute Gasteiger partial charge is 0.416 e. The molecule has 1 fully saturated rings. The van der Waals surface area contributed by atoms with Crippen molar-refractivity contribution < 1.29 is 23.1 Å². The zero-order valence-corrected chi connectivity index (χ0v) is 24.9. The number of aromatic nitrogens is 4. The van der Waals surface area contributed by atoms with Gasteiger partial charge in [0.2, 0.25) is 5.95 Å². The number of halogens is 3.